The van der Waals surface area contributed by atoms with Gasteiger partial charge < -0.3 is 19.7 Å². The van der Waals surface area contributed by atoms with Gasteiger partial charge in [0.1, 0.15) is 23.9 Å². The minimum atomic E-state index is -0.668. The third-order valence-electron chi connectivity index (χ3n) is 5.93. The van der Waals surface area contributed by atoms with Crippen LogP contribution in [0.3, 0.4) is 0 Å². The molecule has 2 aliphatic rings. The number of carbonyl (C=O) groups excluding carboxylic acids is 2. The van der Waals surface area contributed by atoms with Gasteiger partial charge >= 0.3 is 0 Å². The van der Waals surface area contributed by atoms with Gasteiger partial charge in [-0.2, -0.15) is 0 Å². The standard InChI is InChI=1S/C24H27FN2O4/c1-26-22-11-20(21(25)12-23(22)30-9-8-28)24(29)27-13-16(14-27)15-31-19-7-6-17-4-2-3-5-18(17)10-19/h6-8,10-12,16,26H,2-5,9,13-15H2,1H3. The number of benzene rings is 2. The molecule has 0 atom stereocenters. The van der Waals surface area contributed by atoms with Crippen LogP contribution in [0.5, 0.6) is 11.5 Å². The molecule has 2 aromatic carbocycles. The average molecular weight is 426 g/mol. The first-order valence-corrected chi connectivity index (χ1v) is 10.7. The Morgan fingerprint density at radius 3 is 2.68 bits per heavy atom. The molecule has 1 aliphatic heterocycles. The lowest BCUT2D eigenvalue weighted by Crippen LogP contribution is -2.52. The van der Waals surface area contributed by atoms with Crippen molar-refractivity contribution in [3.05, 3.63) is 52.8 Å². The van der Waals surface area contributed by atoms with Crippen LogP contribution < -0.4 is 14.8 Å². The number of halogens is 1. The van der Waals surface area contributed by atoms with E-state index < -0.39 is 5.82 Å². The fourth-order valence-electron chi connectivity index (χ4n) is 4.18. The van der Waals surface area contributed by atoms with Crippen molar-refractivity contribution in [2.24, 2.45) is 5.92 Å². The Morgan fingerprint density at radius 1 is 1.16 bits per heavy atom. The van der Waals surface area contributed by atoms with Crippen molar-refractivity contribution < 1.29 is 23.5 Å². The molecule has 6 nitrogen and oxygen atoms in total. The number of nitrogens with one attached hydrogen (secondary N) is 1. The van der Waals surface area contributed by atoms with E-state index in [-0.39, 0.29) is 29.7 Å². The highest BCUT2D eigenvalue weighted by Crippen LogP contribution is 2.30. The minimum Gasteiger partial charge on any atom is -0.493 e. The Bertz CT molecular complexity index is 972. The monoisotopic (exact) mass is 426 g/mol. The predicted octanol–water partition coefficient (Wildman–Crippen LogP) is 3.47. The molecule has 1 saturated heterocycles. The number of fused-ring (bicyclic) bond motifs is 1. The summed E-state index contributed by atoms with van der Waals surface area (Å²) >= 11 is 0. The summed E-state index contributed by atoms with van der Waals surface area (Å²) in [5.41, 5.74) is 3.24. The number of hydrogen-bond donors (Lipinski definition) is 1. The van der Waals surface area contributed by atoms with Crippen LogP contribution in [0.1, 0.15) is 34.3 Å². The lowest BCUT2D eigenvalue weighted by atomic mass is 9.92. The fourth-order valence-corrected chi connectivity index (χ4v) is 4.18. The van der Waals surface area contributed by atoms with E-state index in [4.69, 9.17) is 9.47 Å². The summed E-state index contributed by atoms with van der Waals surface area (Å²) < 4.78 is 25.7. The normalized spacial score (nSPS) is 15.6. The number of amides is 1. The zero-order chi connectivity index (χ0) is 21.8. The van der Waals surface area contributed by atoms with Gasteiger partial charge in [-0.15, -0.1) is 0 Å². The Hall–Kier alpha value is -3.09. The van der Waals surface area contributed by atoms with Crippen LogP contribution in [0.25, 0.3) is 0 Å². The minimum absolute atomic E-state index is 0.0168. The number of anilines is 1. The maximum atomic E-state index is 14.5. The summed E-state index contributed by atoms with van der Waals surface area (Å²) in [6, 6.07) is 8.88. The molecule has 4 rings (SSSR count). The smallest absolute Gasteiger partial charge is 0.256 e. The summed E-state index contributed by atoms with van der Waals surface area (Å²) in [6.45, 7) is 1.41. The predicted molar refractivity (Wildman–Crippen MR) is 115 cm³/mol. The number of hydrogen-bond acceptors (Lipinski definition) is 5. The number of nitrogens with zero attached hydrogens (tertiary/aromatic N) is 1. The molecule has 0 radical (unpaired) electrons. The number of carbonyl (C=O) groups is 2. The lowest BCUT2D eigenvalue weighted by Gasteiger charge is -2.39. The summed E-state index contributed by atoms with van der Waals surface area (Å²) in [5, 5.41) is 2.87. The fraction of sp³-hybridized carbons (Fsp3) is 0.417. The largest absolute Gasteiger partial charge is 0.493 e. The third-order valence-corrected chi connectivity index (χ3v) is 5.93. The maximum absolute atomic E-state index is 14.5. The van der Waals surface area contributed by atoms with E-state index in [9.17, 15) is 14.0 Å². The molecule has 0 saturated carbocycles. The molecule has 31 heavy (non-hydrogen) atoms. The Labute approximate surface area is 181 Å². The zero-order valence-electron chi connectivity index (χ0n) is 17.7. The van der Waals surface area contributed by atoms with Gasteiger partial charge in [-0.3, -0.25) is 9.59 Å². The van der Waals surface area contributed by atoms with Crippen LogP contribution in [0.2, 0.25) is 0 Å². The van der Waals surface area contributed by atoms with Crippen molar-refractivity contribution in [3.8, 4) is 11.5 Å². The van der Waals surface area contributed by atoms with Crippen molar-refractivity contribution in [1.29, 1.82) is 0 Å². The van der Waals surface area contributed by atoms with Gasteiger partial charge in [0.2, 0.25) is 0 Å². The zero-order valence-corrected chi connectivity index (χ0v) is 17.7. The molecule has 164 valence electrons. The molecular formula is C24H27FN2O4. The van der Waals surface area contributed by atoms with Crippen molar-refractivity contribution >= 4 is 17.9 Å². The van der Waals surface area contributed by atoms with Crippen LogP contribution in [0.15, 0.2) is 30.3 Å². The van der Waals surface area contributed by atoms with Gasteiger partial charge in [-0.25, -0.2) is 4.39 Å². The molecule has 2 aromatic rings. The molecule has 0 unspecified atom stereocenters. The van der Waals surface area contributed by atoms with Gasteiger partial charge in [0, 0.05) is 32.1 Å². The van der Waals surface area contributed by atoms with E-state index in [0.29, 0.717) is 31.7 Å². The van der Waals surface area contributed by atoms with Crippen molar-refractivity contribution in [3.63, 3.8) is 0 Å². The van der Waals surface area contributed by atoms with Gasteiger partial charge in [0.15, 0.2) is 6.29 Å². The first-order chi connectivity index (χ1) is 15.1. The number of rotatable bonds is 8. The molecular weight excluding hydrogens is 399 g/mol. The number of ether oxygens (including phenoxy) is 2. The highest BCUT2D eigenvalue weighted by atomic mass is 19.1. The van der Waals surface area contributed by atoms with E-state index in [1.54, 1.807) is 11.9 Å². The molecule has 1 aliphatic carbocycles. The first kappa shape index (κ1) is 21.2. The number of likely N-dealkylation sites (tertiary alicyclic amines) is 1. The van der Waals surface area contributed by atoms with E-state index in [0.717, 1.165) is 24.7 Å². The summed E-state index contributed by atoms with van der Waals surface area (Å²) in [5.74, 6) is 0.270. The van der Waals surface area contributed by atoms with Gasteiger partial charge in [0.25, 0.3) is 5.91 Å². The second-order valence-electron chi connectivity index (χ2n) is 8.08. The Morgan fingerprint density at radius 2 is 1.94 bits per heavy atom. The third kappa shape index (κ3) is 4.65. The maximum Gasteiger partial charge on any atom is 0.256 e. The quantitative estimate of drug-likeness (QED) is 0.655. The summed E-state index contributed by atoms with van der Waals surface area (Å²) in [7, 11) is 1.65. The molecule has 1 N–H and O–H groups in total. The van der Waals surface area contributed by atoms with Crippen LogP contribution in [0, 0.1) is 11.7 Å². The topological polar surface area (TPSA) is 67.9 Å². The number of aryl methyl sites for hydroxylation is 2. The number of aldehydes is 1. The van der Waals surface area contributed by atoms with Gasteiger partial charge in [0.05, 0.1) is 17.9 Å². The summed E-state index contributed by atoms with van der Waals surface area (Å²) in [6.07, 6.45) is 5.32. The van der Waals surface area contributed by atoms with Crippen molar-refractivity contribution in [1.82, 2.24) is 4.90 Å². The molecule has 0 spiro atoms. The second-order valence-corrected chi connectivity index (χ2v) is 8.08. The van der Waals surface area contributed by atoms with Crippen LogP contribution in [0.4, 0.5) is 10.1 Å². The van der Waals surface area contributed by atoms with E-state index in [1.807, 2.05) is 6.07 Å². The Kier molecular flexibility index (Phi) is 6.39. The van der Waals surface area contributed by atoms with Crippen molar-refractivity contribution in [2.45, 2.75) is 25.7 Å². The van der Waals surface area contributed by atoms with Crippen LogP contribution in [-0.4, -0.2) is 50.4 Å². The van der Waals surface area contributed by atoms with E-state index in [2.05, 4.69) is 17.4 Å². The van der Waals surface area contributed by atoms with E-state index in [1.165, 1.54) is 30.0 Å². The average Bonchev–Trinajstić information content (AvgIpc) is 2.76. The van der Waals surface area contributed by atoms with Crippen LogP contribution in [-0.2, 0) is 17.6 Å². The SMILES string of the molecule is CNc1cc(C(=O)N2CC(COc3ccc4c(c3)CCCC4)C2)c(F)cc1OCC=O. The highest BCUT2D eigenvalue weighted by Gasteiger charge is 2.33. The molecule has 1 fully saturated rings. The van der Waals surface area contributed by atoms with Crippen LogP contribution >= 0.6 is 0 Å². The first-order valence-electron chi connectivity index (χ1n) is 10.7. The second kappa shape index (κ2) is 9.37. The highest BCUT2D eigenvalue weighted by molar-refractivity contribution is 5.96. The van der Waals surface area contributed by atoms with Gasteiger partial charge in [-0.05, 0) is 55.0 Å². The molecule has 1 amide bonds. The summed E-state index contributed by atoms with van der Waals surface area (Å²) in [4.78, 5) is 24.9. The molecule has 1 heterocycles. The Balaban J connectivity index is 1.32. The molecule has 0 aromatic heterocycles. The lowest BCUT2D eigenvalue weighted by molar-refractivity contribution is -0.109. The van der Waals surface area contributed by atoms with E-state index >= 15 is 0 Å². The molecule has 7 heteroatoms. The van der Waals surface area contributed by atoms with Gasteiger partial charge in [-0.1, -0.05) is 6.07 Å². The van der Waals surface area contributed by atoms with Crippen molar-refractivity contribution in [2.75, 3.05) is 38.7 Å². The molecule has 0 bridgehead atoms.